The third-order valence-electron chi connectivity index (χ3n) is 2.79. The van der Waals surface area contributed by atoms with Gasteiger partial charge in [0.05, 0.1) is 6.10 Å². The van der Waals surface area contributed by atoms with Gasteiger partial charge in [0, 0.05) is 33.8 Å². The predicted octanol–water partition coefficient (Wildman–Crippen LogP) is 0.798. The zero-order chi connectivity index (χ0) is 12.1. The van der Waals surface area contributed by atoms with Gasteiger partial charge in [0.2, 0.25) is 0 Å². The van der Waals surface area contributed by atoms with E-state index in [1.165, 1.54) is 0 Å². The van der Waals surface area contributed by atoms with Crippen LogP contribution in [0.3, 0.4) is 0 Å². The van der Waals surface area contributed by atoms with Gasteiger partial charge in [0.15, 0.2) is 6.29 Å². The number of ether oxygens (including phenoxy) is 5. The summed E-state index contributed by atoms with van der Waals surface area (Å²) in [6.07, 6.45) is -1.25. The van der Waals surface area contributed by atoms with Crippen LogP contribution < -0.4 is 0 Å². The number of methoxy groups -OCH3 is 4. The van der Waals surface area contributed by atoms with Crippen LogP contribution in [0.2, 0.25) is 0 Å². The molecule has 1 aliphatic rings. The van der Waals surface area contributed by atoms with Crippen LogP contribution in [0, 0.1) is 0 Å². The number of halogens is 1. The van der Waals surface area contributed by atoms with Crippen LogP contribution in [0.4, 0.5) is 0 Å². The molecule has 0 bridgehead atoms. The van der Waals surface area contributed by atoms with Gasteiger partial charge in [-0.15, -0.1) is 0 Å². The van der Waals surface area contributed by atoms with Crippen molar-refractivity contribution in [1.29, 1.82) is 0 Å². The Labute approximate surface area is 104 Å². The van der Waals surface area contributed by atoms with E-state index in [0.29, 0.717) is 5.33 Å². The van der Waals surface area contributed by atoms with Crippen LogP contribution >= 0.6 is 15.9 Å². The maximum absolute atomic E-state index is 5.72. The molecule has 0 spiro atoms. The van der Waals surface area contributed by atoms with Gasteiger partial charge in [0.1, 0.15) is 18.3 Å². The molecule has 0 N–H and O–H groups in total. The largest absolute Gasteiger partial charge is 0.376 e. The third-order valence-corrected chi connectivity index (χ3v) is 3.43. The summed E-state index contributed by atoms with van der Waals surface area (Å²) >= 11 is 3.39. The average molecular weight is 299 g/mol. The van der Waals surface area contributed by atoms with Crippen molar-refractivity contribution in [2.45, 2.75) is 30.7 Å². The highest BCUT2D eigenvalue weighted by atomic mass is 79.9. The van der Waals surface area contributed by atoms with E-state index in [0.717, 1.165) is 0 Å². The maximum Gasteiger partial charge on any atom is 0.186 e. The van der Waals surface area contributed by atoms with Gasteiger partial charge in [-0.3, -0.25) is 0 Å². The molecule has 0 saturated carbocycles. The molecular weight excluding hydrogens is 280 g/mol. The van der Waals surface area contributed by atoms with Crippen molar-refractivity contribution in [3.8, 4) is 0 Å². The molecule has 6 heteroatoms. The lowest BCUT2D eigenvalue weighted by Gasteiger charge is -2.43. The summed E-state index contributed by atoms with van der Waals surface area (Å²) in [5.41, 5.74) is 0. The fourth-order valence-corrected chi connectivity index (χ4v) is 2.51. The smallest absolute Gasteiger partial charge is 0.186 e. The standard InChI is InChI=1S/C10H19BrO5/c1-12-7-6(5-11)16-10(15-4)9(14-3)8(7)13-2/h6-10H,5H2,1-4H3/t6-,7-,8+,9-,10+/m1/s1. The molecule has 0 aromatic carbocycles. The van der Waals surface area contributed by atoms with E-state index < -0.39 is 6.29 Å². The van der Waals surface area contributed by atoms with Gasteiger partial charge in [0.25, 0.3) is 0 Å². The van der Waals surface area contributed by atoms with Crippen molar-refractivity contribution < 1.29 is 23.7 Å². The van der Waals surface area contributed by atoms with Crippen molar-refractivity contribution in [3.05, 3.63) is 0 Å². The number of hydrogen-bond donors (Lipinski definition) is 0. The van der Waals surface area contributed by atoms with Crippen LogP contribution in [0.25, 0.3) is 0 Å². The fourth-order valence-electron chi connectivity index (χ4n) is 1.99. The van der Waals surface area contributed by atoms with E-state index in [2.05, 4.69) is 15.9 Å². The van der Waals surface area contributed by atoms with Gasteiger partial charge in [-0.25, -0.2) is 0 Å². The van der Waals surface area contributed by atoms with E-state index in [4.69, 9.17) is 23.7 Å². The predicted molar refractivity (Wildman–Crippen MR) is 61.9 cm³/mol. The minimum Gasteiger partial charge on any atom is -0.376 e. The van der Waals surface area contributed by atoms with E-state index in [9.17, 15) is 0 Å². The molecule has 0 unspecified atom stereocenters. The molecule has 0 amide bonds. The minimum absolute atomic E-state index is 0.119. The van der Waals surface area contributed by atoms with E-state index >= 15 is 0 Å². The first-order valence-corrected chi connectivity index (χ1v) is 6.18. The summed E-state index contributed by atoms with van der Waals surface area (Å²) < 4.78 is 27.2. The second-order valence-electron chi connectivity index (χ2n) is 3.53. The molecule has 0 aromatic rings. The van der Waals surface area contributed by atoms with Crippen LogP contribution in [0.15, 0.2) is 0 Å². The topological polar surface area (TPSA) is 46.2 Å². The summed E-state index contributed by atoms with van der Waals surface area (Å²) in [7, 11) is 6.46. The molecule has 16 heavy (non-hydrogen) atoms. The average Bonchev–Trinajstić information content (AvgIpc) is 2.35. The molecule has 0 radical (unpaired) electrons. The summed E-state index contributed by atoms with van der Waals surface area (Å²) in [5, 5.41) is 0.654. The molecule has 96 valence electrons. The van der Waals surface area contributed by atoms with Crippen molar-refractivity contribution in [1.82, 2.24) is 0 Å². The third kappa shape index (κ3) is 2.75. The van der Waals surface area contributed by atoms with E-state index in [1.54, 1.807) is 28.4 Å². The lowest BCUT2D eigenvalue weighted by molar-refractivity contribution is -0.297. The summed E-state index contributed by atoms with van der Waals surface area (Å²) in [6, 6.07) is 0. The van der Waals surface area contributed by atoms with Crippen LogP contribution in [0.5, 0.6) is 0 Å². The molecule has 1 fully saturated rings. The summed E-state index contributed by atoms with van der Waals surface area (Å²) in [4.78, 5) is 0. The zero-order valence-corrected chi connectivity index (χ0v) is 11.6. The highest BCUT2D eigenvalue weighted by molar-refractivity contribution is 9.09. The molecule has 1 saturated heterocycles. The Morgan fingerprint density at radius 2 is 1.44 bits per heavy atom. The Bertz CT molecular complexity index is 186. The second kappa shape index (κ2) is 6.88. The van der Waals surface area contributed by atoms with Crippen molar-refractivity contribution in [3.63, 3.8) is 0 Å². The molecule has 0 aliphatic carbocycles. The lowest BCUT2D eigenvalue weighted by atomic mass is 9.99. The monoisotopic (exact) mass is 298 g/mol. The first-order valence-electron chi connectivity index (χ1n) is 5.06. The normalized spacial score (nSPS) is 39.9. The van der Waals surface area contributed by atoms with E-state index in [-0.39, 0.29) is 24.4 Å². The van der Waals surface area contributed by atoms with E-state index in [1.807, 2.05) is 0 Å². The van der Waals surface area contributed by atoms with Crippen molar-refractivity contribution in [2.75, 3.05) is 33.8 Å². The fraction of sp³-hybridized carbons (Fsp3) is 1.00. The zero-order valence-electron chi connectivity index (χ0n) is 10.0. The Balaban J connectivity index is 2.85. The number of alkyl halides is 1. The minimum atomic E-state index is -0.441. The lowest BCUT2D eigenvalue weighted by Crippen LogP contribution is -2.60. The molecular formula is C10H19BrO5. The van der Waals surface area contributed by atoms with Crippen molar-refractivity contribution >= 4 is 15.9 Å². The van der Waals surface area contributed by atoms with Gasteiger partial charge in [-0.2, -0.15) is 0 Å². The number of hydrogen-bond acceptors (Lipinski definition) is 5. The van der Waals surface area contributed by atoms with Crippen LogP contribution in [-0.2, 0) is 23.7 Å². The maximum atomic E-state index is 5.72. The van der Waals surface area contributed by atoms with Crippen LogP contribution in [0.1, 0.15) is 0 Å². The Morgan fingerprint density at radius 3 is 1.81 bits per heavy atom. The van der Waals surface area contributed by atoms with Gasteiger partial charge >= 0.3 is 0 Å². The summed E-state index contributed by atoms with van der Waals surface area (Å²) in [6.45, 7) is 0. The Kier molecular flexibility index (Phi) is 6.17. The first-order chi connectivity index (χ1) is 7.73. The Hall–Kier alpha value is 0.280. The Morgan fingerprint density at radius 1 is 0.875 bits per heavy atom. The van der Waals surface area contributed by atoms with Crippen molar-refractivity contribution in [2.24, 2.45) is 0 Å². The molecule has 1 heterocycles. The van der Waals surface area contributed by atoms with Crippen LogP contribution in [-0.4, -0.2) is 64.5 Å². The summed E-state index contributed by atoms with van der Waals surface area (Å²) in [5.74, 6) is 0. The first kappa shape index (κ1) is 14.3. The highest BCUT2D eigenvalue weighted by Crippen LogP contribution is 2.28. The molecule has 5 atom stereocenters. The molecule has 1 aliphatic heterocycles. The van der Waals surface area contributed by atoms with Gasteiger partial charge in [-0.05, 0) is 0 Å². The molecule has 5 nitrogen and oxygen atoms in total. The highest BCUT2D eigenvalue weighted by Gasteiger charge is 2.46. The quantitative estimate of drug-likeness (QED) is 0.703. The number of rotatable bonds is 5. The van der Waals surface area contributed by atoms with Gasteiger partial charge in [-0.1, -0.05) is 15.9 Å². The SMILES string of the molecule is CO[C@H]1O[C@H](CBr)[C@@H](OC)[C@H](OC)[C@H]1OC. The van der Waals surface area contributed by atoms with Gasteiger partial charge < -0.3 is 23.7 Å². The molecule has 1 rings (SSSR count). The molecule has 0 aromatic heterocycles. The second-order valence-corrected chi connectivity index (χ2v) is 4.18.